The van der Waals surface area contributed by atoms with Gasteiger partial charge in [-0.15, -0.1) is 0 Å². The van der Waals surface area contributed by atoms with Gasteiger partial charge in [-0.2, -0.15) is 0 Å². The maximum atomic E-state index is 4.20. The molecule has 1 rings (SSSR count). The van der Waals surface area contributed by atoms with Gasteiger partial charge in [0.2, 0.25) is 0 Å². The average molecular weight is 134 g/mol. The first-order chi connectivity index (χ1) is 4.88. The van der Waals surface area contributed by atoms with E-state index in [1.165, 1.54) is 11.3 Å². The Morgan fingerprint density at radius 1 is 1.60 bits per heavy atom. The molecule has 1 fully saturated rings. The molecule has 0 amide bonds. The minimum Gasteiger partial charge on any atom is -0.294 e. The lowest BCUT2D eigenvalue weighted by Gasteiger charge is -1.96. The van der Waals surface area contributed by atoms with Crippen LogP contribution in [-0.2, 0) is 0 Å². The van der Waals surface area contributed by atoms with Gasteiger partial charge in [0.05, 0.1) is 0 Å². The molecule has 0 aliphatic carbocycles. The summed E-state index contributed by atoms with van der Waals surface area (Å²) in [6, 6.07) is 0. The number of aliphatic imine (C=N–C) groups is 1. The van der Waals surface area contributed by atoms with Gasteiger partial charge in [-0.25, -0.2) is 0 Å². The molecule has 1 saturated heterocycles. The molecule has 1 heterocycles. The van der Waals surface area contributed by atoms with E-state index in [0.717, 1.165) is 19.1 Å². The number of hydrogen-bond acceptors (Lipinski definition) is 1. The van der Waals surface area contributed by atoms with Crippen LogP contribution < -0.4 is 0 Å². The topological polar surface area (TPSA) is 12.4 Å². The fraction of sp³-hybridized carbons (Fsp3) is 0.625. The number of rotatable bonds is 1. The van der Waals surface area contributed by atoms with E-state index < -0.39 is 0 Å². The van der Waals surface area contributed by atoms with Crippen LogP contribution in [0.1, 0.15) is 13.3 Å². The lowest BCUT2D eigenvalue weighted by Crippen LogP contribution is -1.91. The number of allylic oxidation sites excluding steroid dienone is 2. The summed E-state index contributed by atoms with van der Waals surface area (Å²) in [5.41, 5.74) is 2.71. The molecule has 10 heavy (non-hydrogen) atoms. The fourth-order valence-electron chi connectivity index (χ4n) is 1.30. The van der Waals surface area contributed by atoms with Crippen molar-refractivity contribution >= 4 is 13.0 Å². The van der Waals surface area contributed by atoms with Gasteiger partial charge >= 0.3 is 0 Å². The van der Waals surface area contributed by atoms with E-state index in [1.807, 2.05) is 7.05 Å². The van der Waals surface area contributed by atoms with Crippen molar-refractivity contribution < 1.29 is 0 Å². The summed E-state index contributed by atoms with van der Waals surface area (Å²) in [5, 5.41) is 0. The van der Waals surface area contributed by atoms with Crippen molar-refractivity contribution in [3.63, 3.8) is 0 Å². The maximum Gasteiger partial charge on any atom is 0.123 e. The molecule has 0 aromatic heterocycles. The first kappa shape index (κ1) is 7.58. The highest BCUT2D eigenvalue weighted by atomic mass is 14.7. The molecule has 53 valence electrons. The Balaban J connectivity index is 2.68. The third-order valence-electron chi connectivity index (χ3n) is 1.79. The molecule has 0 aromatic rings. The molecule has 0 atom stereocenters. The monoisotopic (exact) mass is 134 g/mol. The zero-order valence-corrected chi connectivity index (χ0v) is 6.72. The molecule has 0 N–H and O–H groups in total. The second kappa shape index (κ2) is 3.60. The highest BCUT2D eigenvalue weighted by molar-refractivity contribution is 6.50. The van der Waals surface area contributed by atoms with E-state index in [-0.39, 0.29) is 0 Å². The van der Waals surface area contributed by atoms with Crippen LogP contribution in [0.25, 0.3) is 0 Å². The van der Waals surface area contributed by atoms with Crippen molar-refractivity contribution in [2.45, 2.75) is 26.0 Å². The summed E-state index contributed by atoms with van der Waals surface area (Å²) in [6.07, 6.45) is 5.59. The lowest BCUT2D eigenvalue weighted by molar-refractivity contribution is 1.20. The van der Waals surface area contributed by atoms with Crippen molar-refractivity contribution in [1.82, 2.24) is 0 Å². The summed E-state index contributed by atoms with van der Waals surface area (Å²) in [7, 11) is 4.15. The Morgan fingerprint density at radius 3 is 3.00 bits per heavy atom. The second-order valence-corrected chi connectivity index (χ2v) is 2.50. The number of nitrogens with zero attached hydrogens (tertiary/aromatic N) is 1. The van der Waals surface area contributed by atoms with Gasteiger partial charge < -0.3 is 0 Å². The minimum absolute atomic E-state index is 1.07. The van der Waals surface area contributed by atoms with Gasteiger partial charge in [-0.1, -0.05) is 19.3 Å². The predicted molar refractivity (Wildman–Crippen MR) is 47.1 cm³/mol. The normalized spacial score (nSPS) is 25.8. The van der Waals surface area contributed by atoms with Crippen molar-refractivity contribution in [3.05, 3.63) is 11.6 Å². The Kier molecular flexibility index (Phi) is 2.73. The summed E-state index contributed by atoms with van der Waals surface area (Å²) in [4.78, 5) is 4.20. The van der Waals surface area contributed by atoms with Crippen LogP contribution in [-0.4, -0.2) is 20.0 Å². The molecule has 0 saturated carbocycles. The molecule has 1 radical (unpaired) electrons. The largest absolute Gasteiger partial charge is 0.294 e. The van der Waals surface area contributed by atoms with E-state index in [1.54, 1.807) is 0 Å². The molecule has 0 bridgehead atoms. The number of hydrogen-bond donors (Lipinski definition) is 0. The maximum absolute atomic E-state index is 4.20. The third kappa shape index (κ3) is 1.50. The van der Waals surface area contributed by atoms with Crippen LogP contribution in [0.2, 0.25) is 12.6 Å². The van der Waals surface area contributed by atoms with Crippen LogP contribution in [0.4, 0.5) is 0 Å². The second-order valence-electron chi connectivity index (χ2n) is 2.50. The highest BCUT2D eigenvalue weighted by Gasteiger charge is 2.13. The lowest BCUT2D eigenvalue weighted by atomic mass is 9.77. The Hall–Kier alpha value is -0.525. The molecule has 1 aliphatic rings. The molecule has 0 aromatic carbocycles. The van der Waals surface area contributed by atoms with Crippen LogP contribution in [0.15, 0.2) is 16.6 Å². The smallest absolute Gasteiger partial charge is 0.123 e. The van der Waals surface area contributed by atoms with Crippen LogP contribution >= 0.6 is 0 Å². The SMILES string of the molecule is CCC=C1C[B]CC1=NC. The molecule has 2 heteroatoms. The molecule has 1 aliphatic heterocycles. The molecular formula is C8H13BN. The van der Waals surface area contributed by atoms with E-state index >= 15 is 0 Å². The molecule has 1 nitrogen and oxygen atoms in total. The minimum atomic E-state index is 1.07. The predicted octanol–water partition coefficient (Wildman–Crippen LogP) is 1.95. The Labute approximate surface area is 63.5 Å². The molecule has 0 unspecified atom stereocenters. The van der Waals surface area contributed by atoms with E-state index in [2.05, 4.69) is 25.3 Å². The van der Waals surface area contributed by atoms with Gasteiger partial charge in [0.15, 0.2) is 0 Å². The Morgan fingerprint density at radius 2 is 2.40 bits per heavy atom. The zero-order chi connectivity index (χ0) is 7.40. The quantitative estimate of drug-likeness (QED) is 0.486. The summed E-state index contributed by atoms with van der Waals surface area (Å²) in [5.74, 6) is 0. The van der Waals surface area contributed by atoms with Crippen molar-refractivity contribution in [3.8, 4) is 0 Å². The van der Waals surface area contributed by atoms with Crippen LogP contribution in [0.5, 0.6) is 0 Å². The van der Waals surface area contributed by atoms with Gasteiger partial charge in [-0.3, -0.25) is 4.99 Å². The molecular weight excluding hydrogens is 121 g/mol. The summed E-state index contributed by atoms with van der Waals surface area (Å²) < 4.78 is 0. The van der Waals surface area contributed by atoms with Crippen LogP contribution in [0, 0.1) is 0 Å². The van der Waals surface area contributed by atoms with E-state index in [0.29, 0.717) is 0 Å². The van der Waals surface area contributed by atoms with Crippen molar-refractivity contribution in [2.24, 2.45) is 4.99 Å². The van der Waals surface area contributed by atoms with E-state index in [4.69, 9.17) is 0 Å². The fourth-order valence-corrected chi connectivity index (χ4v) is 1.30. The summed E-state index contributed by atoms with van der Waals surface area (Å²) >= 11 is 0. The summed E-state index contributed by atoms with van der Waals surface area (Å²) in [6.45, 7) is 2.17. The average Bonchev–Trinajstić information content (AvgIpc) is 2.36. The standard InChI is InChI=1S/C8H13BN/c1-3-4-7-5-9-6-8(7)10-2/h4H,3,5-6H2,1-2H3. The third-order valence-corrected chi connectivity index (χ3v) is 1.79. The van der Waals surface area contributed by atoms with Crippen molar-refractivity contribution in [1.29, 1.82) is 0 Å². The van der Waals surface area contributed by atoms with Crippen LogP contribution in [0.3, 0.4) is 0 Å². The highest BCUT2D eigenvalue weighted by Crippen LogP contribution is 2.17. The first-order valence-corrected chi connectivity index (χ1v) is 3.85. The van der Waals surface area contributed by atoms with Crippen molar-refractivity contribution in [2.75, 3.05) is 7.05 Å². The first-order valence-electron chi connectivity index (χ1n) is 3.85. The Bertz CT molecular complexity index is 170. The van der Waals surface area contributed by atoms with E-state index in [9.17, 15) is 0 Å². The van der Waals surface area contributed by atoms with Gasteiger partial charge in [0.25, 0.3) is 0 Å². The molecule has 0 spiro atoms. The van der Waals surface area contributed by atoms with Gasteiger partial charge in [-0.05, 0) is 18.3 Å². The van der Waals surface area contributed by atoms with Gasteiger partial charge in [0, 0.05) is 12.8 Å². The van der Waals surface area contributed by atoms with Gasteiger partial charge in [0.1, 0.15) is 7.28 Å². The zero-order valence-electron chi connectivity index (χ0n) is 6.72.